The average molecular weight is 260 g/mol. The predicted molar refractivity (Wildman–Crippen MR) is 59.0 cm³/mol. The number of nitrogen functional groups attached to an aromatic ring is 1. The molecule has 70 valence electrons. The van der Waals surface area contributed by atoms with E-state index >= 15 is 0 Å². The van der Waals surface area contributed by atoms with E-state index in [1.54, 1.807) is 11.8 Å². The van der Waals surface area contributed by atoms with Gasteiger partial charge >= 0.3 is 0 Å². The van der Waals surface area contributed by atoms with E-state index in [4.69, 9.17) is 10.5 Å². The molecule has 2 nitrogen and oxygen atoms in total. The van der Waals surface area contributed by atoms with E-state index in [0.29, 0.717) is 5.25 Å². The Morgan fingerprint density at radius 2 is 2.23 bits per heavy atom. The molecule has 0 spiro atoms. The molecular weight excluding hydrogens is 250 g/mol. The fraction of sp³-hybridized carbons (Fsp3) is 0.333. The summed E-state index contributed by atoms with van der Waals surface area (Å²) in [4.78, 5) is 1.15. The molecular formula is C9H10BrNOS. The molecule has 1 heterocycles. The first-order valence-corrected chi connectivity index (χ1v) is 5.72. The summed E-state index contributed by atoms with van der Waals surface area (Å²) in [5.74, 6) is 0. The van der Waals surface area contributed by atoms with E-state index in [1.165, 1.54) is 0 Å². The van der Waals surface area contributed by atoms with Crippen molar-refractivity contribution in [2.45, 2.75) is 10.1 Å². The Labute approximate surface area is 90.0 Å². The first-order chi connectivity index (χ1) is 6.25. The molecule has 2 rings (SSSR count). The molecule has 0 radical (unpaired) electrons. The van der Waals surface area contributed by atoms with Crippen LogP contribution in [0.1, 0.15) is 0 Å². The number of hydrogen-bond donors (Lipinski definition) is 1. The van der Waals surface area contributed by atoms with Gasteiger partial charge < -0.3 is 10.5 Å². The van der Waals surface area contributed by atoms with Gasteiger partial charge in [0.05, 0.1) is 18.5 Å². The van der Waals surface area contributed by atoms with Crippen molar-refractivity contribution >= 4 is 33.4 Å². The molecule has 13 heavy (non-hydrogen) atoms. The van der Waals surface area contributed by atoms with Crippen LogP contribution in [0, 0.1) is 0 Å². The summed E-state index contributed by atoms with van der Waals surface area (Å²) in [6.45, 7) is 1.69. The minimum Gasteiger partial charge on any atom is -0.398 e. The standard InChI is InChI=1S/C9H10BrNOS/c10-6-1-2-9(8(11)3-6)13-7-4-12-5-7/h1-3,7H,4-5,11H2. The highest BCUT2D eigenvalue weighted by atomic mass is 79.9. The third-order valence-electron chi connectivity index (χ3n) is 1.87. The Morgan fingerprint density at radius 1 is 1.46 bits per heavy atom. The van der Waals surface area contributed by atoms with Gasteiger partial charge in [0.15, 0.2) is 0 Å². The number of ether oxygens (including phenoxy) is 1. The summed E-state index contributed by atoms with van der Waals surface area (Å²) in [5, 5.41) is 0.587. The Hall–Kier alpha value is -0.190. The summed E-state index contributed by atoms with van der Waals surface area (Å²) in [6, 6.07) is 5.99. The maximum absolute atomic E-state index is 5.86. The summed E-state index contributed by atoms with van der Waals surface area (Å²) in [6.07, 6.45) is 0. The van der Waals surface area contributed by atoms with Crippen molar-refractivity contribution in [2.75, 3.05) is 18.9 Å². The maximum atomic E-state index is 5.86. The van der Waals surface area contributed by atoms with E-state index < -0.39 is 0 Å². The summed E-state index contributed by atoms with van der Waals surface area (Å²) in [7, 11) is 0. The Morgan fingerprint density at radius 3 is 2.77 bits per heavy atom. The van der Waals surface area contributed by atoms with Gasteiger partial charge in [-0.15, -0.1) is 11.8 Å². The lowest BCUT2D eigenvalue weighted by atomic mass is 10.3. The van der Waals surface area contributed by atoms with Gasteiger partial charge in [-0.2, -0.15) is 0 Å². The molecule has 0 atom stereocenters. The van der Waals surface area contributed by atoms with Gasteiger partial charge in [-0.3, -0.25) is 0 Å². The minimum absolute atomic E-state index is 0.587. The second-order valence-corrected chi connectivity index (χ2v) is 5.22. The van der Waals surface area contributed by atoms with Crippen molar-refractivity contribution in [2.24, 2.45) is 0 Å². The molecule has 2 N–H and O–H groups in total. The van der Waals surface area contributed by atoms with E-state index in [2.05, 4.69) is 15.9 Å². The fourth-order valence-electron chi connectivity index (χ4n) is 1.09. The predicted octanol–water partition coefficient (Wildman–Crippen LogP) is 2.52. The highest BCUT2D eigenvalue weighted by Gasteiger charge is 2.20. The molecule has 1 aromatic carbocycles. The molecule has 0 aliphatic carbocycles. The normalized spacial score (nSPS) is 17.0. The van der Waals surface area contributed by atoms with Crippen LogP contribution in [0.3, 0.4) is 0 Å². The van der Waals surface area contributed by atoms with Crippen LogP contribution in [-0.4, -0.2) is 18.5 Å². The van der Waals surface area contributed by atoms with Gasteiger partial charge in [-0.05, 0) is 18.2 Å². The number of thioether (sulfide) groups is 1. The molecule has 1 fully saturated rings. The molecule has 0 bridgehead atoms. The Kier molecular flexibility index (Phi) is 2.81. The molecule has 0 unspecified atom stereocenters. The SMILES string of the molecule is Nc1cc(Br)ccc1SC1COC1. The van der Waals surface area contributed by atoms with Crippen molar-refractivity contribution in [3.63, 3.8) is 0 Å². The lowest BCUT2D eigenvalue weighted by molar-refractivity contribution is 0.0455. The molecule has 0 saturated carbocycles. The number of hydrogen-bond acceptors (Lipinski definition) is 3. The van der Waals surface area contributed by atoms with Gasteiger partial charge in [0.25, 0.3) is 0 Å². The van der Waals surface area contributed by atoms with Crippen LogP contribution in [0.4, 0.5) is 5.69 Å². The third kappa shape index (κ3) is 2.18. The van der Waals surface area contributed by atoms with Crippen LogP contribution in [0.2, 0.25) is 0 Å². The van der Waals surface area contributed by atoms with E-state index in [9.17, 15) is 0 Å². The highest BCUT2D eigenvalue weighted by Crippen LogP contribution is 2.33. The molecule has 1 aliphatic heterocycles. The minimum atomic E-state index is 0.587. The maximum Gasteiger partial charge on any atom is 0.0611 e. The van der Waals surface area contributed by atoms with Crippen LogP contribution in [-0.2, 0) is 4.74 Å². The molecule has 1 aromatic rings. The summed E-state index contributed by atoms with van der Waals surface area (Å²) < 4.78 is 6.13. The van der Waals surface area contributed by atoms with Crippen LogP contribution in [0.5, 0.6) is 0 Å². The Balaban J connectivity index is 2.10. The van der Waals surface area contributed by atoms with Gasteiger partial charge in [-0.25, -0.2) is 0 Å². The number of halogens is 1. The zero-order chi connectivity index (χ0) is 9.26. The van der Waals surface area contributed by atoms with Crippen molar-refractivity contribution in [1.82, 2.24) is 0 Å². The fourth-order valence-corrected chi connectivity index (χ4v) is 2.50. The van der Waals surface area contributed by atoms with E-state index in [0.717, 1.165) is 28.3 Å². The van der Waals surface area contributed by atoms with Gasteiger partial charge in [0.2, 0.25) is 0 Å². The molecule has 1 saturated heterocycles. The van der Waals surface area contributed by atoms with Gasteiger partial charge in [0, 0.05) is 15.1 Å². The largest absolute Gasteiger partial charge is 0.398 e. The van der Waals surface area contributed by atoms with Gasteiger partial charge in [-0.1, -0.05) is 15.9 Å². The van der Waals surface area contributed by atoms with Crippen molar-refractivity contribution in [1.29, 1.82) is 0 Å². The average Bonchev–Trinajstić information content (AvgIpc) is 1.99. The molecule has 4 heteroatoms. The molecule has 0 aromatic heterocycles. The highest BCUT2D eigenvalue weighted by molar-refractivity contribution is 9.10. The number of nitrogens with two attached hydrogens (primary N) is 1. The monoisotopic (exact) mass is 259 g/mol. The zero-order valence-electron chi connectivity index (χ0n) is 7.00. The quantitative estimate of drug-likeness (QED) is 0.830. The van der Waals surface area contributed by atoms with Crippen molar-refractivity contribution in [3.05, 3.63) is 22.7 Å². The number of benzene rings is 1. The van der Waals surface area contributed by atoms with Crippen LogP contribution >= 0.6 is 27.7 Å². The lowest BCUT2D eigenvalue weighted by Gasteiger charge is -2.25. The van der Waals surface area contributed by atoms with Crippen molar-refractivity contribution in [3.8, 4) is 0 Å². The zero-order valence-corrected chi connectivity index (χ0v) is 9.40. The van der Waals surface area contributed by atoms with Crippen LogP contribution in [0.25, 0.3) is 0 Å². The first kappa shape index (κ1) is 9.37. The number of rotatable bonds is 2. The lowest BCUT2D eigenvalue weighted by Crippen LogP contribution is -2.30. The second-order valence-electron chi connectivity index (χ2n) is 2.96. The third-order valence-corrected chi connectivity index (χ3v) is 3.60. The summed E-state index contributed by atoms with van der Waals surface area (Å²) >= 11 is 5.17. The summed E-state index contributed by atoms with van der Waals surface area (Å²) in [5.41, 5.74) is 6.70. The second kappa shape index (κ2) is 3.90. The molecule has 1 aliphatic rings. The molecule has 0 amide bonds. The van der Waals surface area contributed by atoms with E-state index in [1.807, 2.05) is 18.2 Å². The Bertz CT molecular complexity index is 314. The van der Waals surface area contributed by atoms with Gasteiger partial charge in [0.1, 0.15) is 0 Å². The van der Waals surface area contributed by atoms with Crippen LogP contribution < -0.4 is 5.73 Å². The topological polar surface area (TPSA) is 35.2 Å². The smallest absolute Gasteiger partial charge is 0.0611 e. The van der Waals surface area contributed by atoms with E-state index in [-0.39, 0.29) is 0 Å². The number of anilines is 1. The van der Waals surface area contributed by atoms with Crippen LogP contribution in [0.15, 0.2) is 27.6 Å². The van der Waals surface area contributed by atoms with Crippen molar-refractivity contribution < 1.29 is 4.74 Å². The first-order valence-electron chi connectivity index (χ1n) is 4.05.